The van der Waals surface area contributed by atoms with Crippen LogP contribution in [0.25, 0.3) is 0 Å². The van der Waals surface area contributed by atoms with E-state index in [0.29, 0.717) is 25.6 Å². The molecule has 116 valence electrons. The second-order valence-electron chi connectivity index (χ2n) is 5.17. The molecule has 0 saturated heterocycles. The third kappa shape index (κ3) is 6.41. The summed E-state index contributed by atoms with van der Waals surface area (Å²) in [5.74, 6) is 4.68. The van der Waals surface area contributed by atoms with E-state index in [4.69, 9.17) is 15.9 Å². The lowest BCUT2D eigenvalue weighted by molar-refractivity contribution is 0.280. The topological polar surface area (TPSA) is 30.5 Å². The molecule has 0 radical (unpaired) electrons. The van der Waals surface area contributed by atoms with Crippen LogP contribution in [-0.2, 0) is 6.54 Å². The van der Waals surface area contributed by atoms with Gasteiger partial charge < -0.3 is 14.8 Å². The van der Waals surface area contributed by atoms with Gasteiger partial charge in [0.1, 0.15) is 0 Å². The molecule has 1 aromatic rings. The van der Waals surface area contributed by atoms with Crippen molar-refractivity contribution in [3.05, 3.63) is 22.2 Å². The summed E-state index contributed by atoms with van der Waals surface area (Å²) >= 11 is 3.56. The van der Waals surface area contributed by atoms with Crippen LogP contribution in [0, 0.1) is 18.3 Å². The second kappa shape index (κ2) is 9.70. The molecule has 4 heteroatoms. The van der Waals surface area contributed by atoms with Crippen molar-refractivity contribution in [3.8, 4) is 23.8 Å². The van der Waals surface area contributed by atoms with Crippen molar-refractivity contribution in [2.24, 2.45) is 5.92 Å². The Morgan fingerprint density at radius 1 is 1.33 bits per heavy atom. The zero-order chi connectivity index (χ0) is 15.7. The molecule has 0 saturated carbocycles. The van der Waals surface area contributed by atoms with Gasteiger partial charge in [-0.15, -0.1) is 12.3 Å². The Labute approximate surface area is 136 Å². The van der Waals surface area contributed by atoms with Crippen LogP contribution < -0.4 is 14.8 Å². The summed E-state index contributed by atoms with van der Waals surface area (Å²) in [6.07, 6.45) is 5.83. The molecule has 0 fully saturated rings. The Balaban J connectivity index is 2.82. The number of hydrogen-bond donors (Lipinski definition) is 1. The fraction of sp³-hybridized carbons (Fsp3) is 0.529. The average Bonchev–Trinajstić information content (AvgIpc) is 2.42. The average molecular weight is 354 g/mol. The van der Waals surface area contributed by atoms with Crippen LogP contribution in [0.15, 0.2) is 16.6 Å². The van der Waals surface area contributed by atoms with Gasteiger partial charge in [-0.05, 0) is 53.0 Å². The molecule has 0 aliphatic carbocycles. The van der Waals surface area contributed by atoms with Gasteiger partial charge in [0, 0.05) is 13.0 Å². The van der Waals surface area contributed by atoms with E-state index in [1.54, 1.807) is 0 Å². The number of halogens is 1. The van der Waals surface area contributed by atoms with Crippen molar-refractivity contribution in [1.82, 2.24) is 5.32 Å². The van der Waals surface area contributed by atoms with E-state index in [0.717, 1.165) is 34.6 Å². The van der Waals surface area contributed by atoms with Gasteiger partial charge in [0.25, 0.3) is 0 Å². The summed E-state index contributed by atoms with van der Waals surface area (Å²) < 4.78 is 12.3. The van der Waals surface area contributed by atoms with E-state index >= 15 is 0 Å². The minimum atomic E-state index is 0.486. The summed E-state index contributed by atoms with van der Waals surface area (Å²) in [5, 5.41) is 3.43. The van der Waals surface area contributed by atoms with Gasteiger partial charge in [0.05, 0.1) is 17.7 Å². The molecule has 21 heavy (non-hydrogen) atoms. The highest BCUT2D eigenvalue weighted by Crippen LogP contribution is 2.37. The smallest absolute Gasteiger partial charge is 0.175 e. The Kier molecular flexibility index (Phi) is 8.26. The first-order chi connectivity index (χ1) is 10.1. The normalized spacial score (nSPS) is 10.5. The first-order valence-electron chi connectivity index (χ1n) is 7.30. The van der Waals surface area contributed by atoms with E-state index in [1.807, 2.05) is 13.0 Å². The third-order valence-electron chi connectivity index (χ3n) is 2.74. The molecular weight excluding hydrogens is 330 g/mol. The largest absolute Gasteiger partial charge is 0.490 e. The van der Waals surface area contributed by atoms with Crippen molar-refractivity contribution < 1.29 is 9.47 Å². The van der Waals surface area contributed by atoms with E-state index in [1.165, 1.54) is 0 Å². The number of rotatable bonds is 9. The van der Waals surface area contributed by atoms with E-state index in [9.17, 15) is 0 Å². The summed E-state index contributed by atoms with van der Waals surface area (Å²) in [6, 6.07) is 4.08. The number of terminal acetylenes is 1. The second-order valence-corrected chi connectivity index (χ2v) is 6.02. The van der Waals surface area contributed by atoms with Crippen molar-refractivity contribution in [3.63, 3.8) is 0 Å². The predicted octanol–water partition coefficient (Wildman–Crippen LogP) is 4.00. The molecule has 0 aliphatic heterocycles. The van der Waals surface area contributed by atoms with E-state index < -0.39 is 0 Å². The molecule has 0 spiro atoms. The van der Waals surface area contributed by atoms with Crippen LogP contribution in [0.4, 0.5) is 0 Å². The fourth-order valence-corrected chi connectivity index (χ4v) is 2.45. The molecule has 0 aromatic heterocycles. The molecule has 1 aromatic carbocycles. The molecule has 0 atom stereocenters. The lowest BCUT2D eigenvalue weighted by atomic mass is 10.1. The quantitative estimate of drug-likeness (QED) is 0.537. The molecule has 1 N–H and O–H groups in total. The van der Waals surface area contributed by atoms with Crippen LogP contribution in [0.1, 0.15) is 32.8 Å². The predicted molar refractivity (Wildman–Crippen MR) is 90.8 cm³/mol. The van der Waals surface area contributed by atoms with Crippen molar-refractivity contribution >= 4 is 15.9 Å². The van der Waals surface area contributed by atoms with Crippen LogP contribution in [-0.4, -0.2) is 19.8 Å². The van der Waals surface area contributed by atoms with Gasteiger partial charge in [-0.1, -0.05) is 13.8 Å². The highest BCUT2D eigenvalue weighted by molar-refractivity contribution is 9.10. The number of benzene rings is 1. The van der Waals surface area contributed by atoms with Crippen molar-refractivity contribution in [2.75, 3.05) is 19.8 Å². The Bertz CT molecular complexity index is 480. The third-order valence-corrected chi connectivity index (χ3v) is 3.33. The van der Waals surface area contributed by atoms with Crippen molar-refractivity contribution in [1.29, 1.82) is 0 Å². The number of nitrogens with one attached hydrogen (secondary N) is 1. The maximum absolute atomic E-state index is 5.72. The van der Waals surface area contributed by atoms with Gasteiger partial charge in [-0.25, -0.2) is 0 Å². The van der Waals surface area contributed by atoms with Crippen LogP contribution in [0.2, 0.25) is 0 Å². The number of ether oxygens (including phenoxy) is 2. The Morgan fingerprint density at radius 3 is 2.71 bits per heavy atom. The van der Waals surface area contributed by atoms with Crippen LogP contribution in [0.5, 0.6) is 11.5 Å². The number of hydrogen-bond acceptors (Lipinski definition) is 3. The standard InChI is InChI=1S/C17H24BrNO2/c1-5-7-8-21-17-15(18)9-14(10-16(17)20-6-2)12-19-11-13(3)4/h1,9-10,13,19H,6-8,11-12H2,2-4H3. The SMILES string of the molecule is C#CCCOc1c(Br)cc(CNCC(C)C)cc1OCC. The lowest BCUT2D eigenvalue weighted by Gasteiger charge is -2.15. The molecule has 0 amide bonds. The summed E-state index contributed by atoms with van der Waals surface area (Å²) in [6.45, 7) is 9.22. The monoisotopic (exact) mass is 353 g/mol. The zero-order valence-electron chi connectivity index (χ0n) is 13.0. The summed E-state index contributed by atoms with van der Waals surface area (Å²) in [7, 11) is 0. The zero-order valence-corrected chi connectivity index (χ0v) is 14.6. The molecule has 3 nitrogen and oxygen atoms in total. The van der Waals surface area contributed by atoms with Gasteiger partial charge >= 0.3 is 0 Å². The molecule has 0 aliphatic rings. The Morgan fingerprint density at radius 2 is 2.10 bits per heavy atom. The Hall–Kier alpha value is -1.18. The lowest BCUT2D eigenvalue weighted by Crippen LogP contribution is -2.19. The van der Waals surface area contributed by atoms with Crippen LogP contribution >= 0.6 is 15.9 Å². The molecule has 0 unspecified atom stereocenters. The summed E-state index contributed by atoms with van der Waals surface area (Å²) in [4.78, 5) is 0. The van der Waals surface area contributed by atoms with E-state index in [-0.39, 0.29) is 0 Å². The minimum Gasteiger partial charge on any atom is -0.490 e. The van der Waals surface area contributed by atoms with Crippen LogP contribution in [0.3, 0.4) is 0 Å². The van der Waals surface area contributed by atoms with Gasteiger partial charge in [0.2, 0.25) is 0 Å². The highest BCUT2D eigenvalue weighted by Gasteiger charge is 2.12. The minimum absolute atomic E-state index is 0.486. The first-order valence-corrected chi connectivity index (χ1v) is 8.10. The molecule has 1 rings (SSSR count). The first kappa shape index (κ1) is 17.9. The molecular formula is C17H24BrNO2. The summed E-state index contributed by atoms with van der Waals surface area (Å²) in [5.41, 5.74) is 1.16. The maximum atomic E-state index is 5.72. The fourth-order valence-electron chi connectivity index (χ4n) is 1.84. The highest BCUT2D eigenvalue weighted by atomic mass is 79.9. The van der Waals surface area contributed by atoms with E-state index in [2.05, 4.69) is 47.1 Å². The molecule has 0 heterocycles. The van der Waals surface area contributed by atoms with Gasteiger partial charge in [-0.2, -0.15) is 0 Å². The maximum Gasteiger partial charge on any atom is 0.175 e. The van der Waals surface area contributed by atoms with Gasteiger partial charge in [-0.3, -0.25) is 0 Å². The van der Waals surface area contributed by atoms with Crippen molar-refractivity contribution in [2.45, 2.75) is 33.7 Å². The molecule has 0 bridgehead atoms. The van der Waals surface area contributed by atoms with Gasteiger partial charge in [0.15, 0.2) is 11.5 Å².